The third-order valence-corrected chi connectivity index (χ3v) is 2.75. The normalized spacial score (nSPS) is 27.1. The fraction of sp³-hybridized carbons (Fsp3) is 0.500. The van der Waals surface area contributed by atoms with E-state index in [2.05, 4.69) is 4.98 Å². The van der Waals surface area contributed by atoms with E-state index >= 15 is 0 Å². The molecule has 1 fully saturated rings. The van der Waals surface area contributed by atoms with E-state index in [9.17, 15) is 14.4 Å². The van der Waals surface area contributed by atoms with Crippen molar-refractivity contribution in [2.75, 3.05) is 6.61 Å². The van der Waals surface area contributed by atoms with Gasteiger partial charge in [0.1, 0.15) is 18.4 Å². The molecule has 0 amide bonds. The van der Waals surface area contributed by atoms with Crippen molar-refractivity contribution >= 4 is 6.47 Å². The van der Waals surface area contributed by atoms with E-state index in [0.29, 0.717) is 0 Å². The number of aliphatic hydroxyl groups excluding tert-OH is 1. The number of hydrogen-bond acceptors (Lipinski definition) is 6. The maximum Gasteiger partial charge on any atom is 0.330 e. The highest BCUT2D eigenvalue weighted by molar-refractivity contribution is 5.37. The van der Waals surface area contributed by atoms with Crippen LogP contribution >= 0.6 is 0 Å². The Bertz CT molecular complexity index is 536. The summed E-state index contributed by atoms with van der Waals surface area (Å²) in [6.45, 7) is -0.0538. The summed E-state index contributed by atoms with van der Waals surface area (Å²) >= 11 is 0. The Hall–Kier alpha value is -1.93. The van der Waals surface area contributed by atoms with Crippen LogP contribution in [-0.2, 0) is 14.3 Å². The molecule has 2 rings (SSSR count). The van der Waals surface area contributed by atoms with Crippen molar-refractivity contribution in [3.8, 4) is 0 Å². The zero-order chi connectivity index (χ0) is 13.1. The standard InChI is InChI=1S/C10H12N2O6/c13-4-7-6(17-5-14)3-9(18-7)12-2-1-8(15)11-10(12)16/h1-2,5-7,9,13H,3-4H2,(H,11,15,16). The van der Waals surface area contributed by atoms with Crippen LogP contribution in [0.25, 0.3) is 0 Å². The smallest absolute Gasteiger partial charge is 0.330 e. The second kappa shape index (κ2) is 5.15. The highest BCUT2D eigenvalue weighted by atomic mass is 16.6. The van der Waals surface area contributed by atoms with E-state index in [1.54, 1.807) is 0 Å². The monoisotopic (exact) mass is 256 g/mol. The summed E-state index contributed by atoms with van der Waals surface area (Å²) < 4.78 is 11.3. The molecule has 3 unspecified atom stereocenters. The molecule has 1 aromatic rings. The van der Waals surface area contributed by atoms with Crippen molar-refractivity contribution in [1.29, 1.82) is 0 Å². The van der Waals surface area contributed by atoms with Crippen LogP contribution in [0.3, 0.4) is 0 Å². The molecule has 0 aliphatic carbocycles. The van der Waals surface area contributed by atoms with Crippen LogP contribution in [0, 0.1) is 0 Å². The molecule has 2 heterocycles. The Kier molecular flexibility index (Phi) is 3.58. The number of carbonyl (C=O) groups is 1. The first-order valence-corrected chi connectivity index (χ1v) is 5.32. The number of carbonyl (C=O) groups excluding carboxylic acids is 1. The van der Waals surface area contributed by atoms with Crippen LogP contribution in [0.2, 0.25) is 0 Å². The maximum atomic E-state index is 11.5. The van der Waals surface area contributed by atoms with Crippen molar-refractivity contribution in [3.63, 3.8) is 0 Å². The van der Waals surface area contributed by atoms with Crippen LogP contribution in [-0.4, -0.2) is 39.9 Å². The van der Waals surface area contributed by atoms with Gasteiger partial charge in [0.05, 0.1) is 6.61 Å². The van der Waals surface area contributed by atoms with E-state index in [4.69, 9.17) is 14.6 Å². The van der Waals surface area contributed by atoms with Crippen molar-refractivity contribution in [2.45, 2.75) is 24.9 Å². The molecule has 8 nitrogen and oxygen atoms in total. The zero-order valence-electron chi connectivity index (χ0n) is 9.31. The third-order valence-electron chi connectivity index (χ3n) is 2.75. The van der Waals surface area contributed by atoms with Gasteiger partial charge in [0, 0.05) is 18.7 Å². The van der Waals surface area contributed by atoms with Crippen LogP contribution < -0.4 is 11.2 Å². The number of aromatic nitrogens is 2. The summed E-state index contributed by atoms with van der Waals surface area (Å²) in [7, 11) is 0. The molecule has 0 radical (unpaired) electrons. The molecule has 98 valence electrons. The molecule has 3 atom stereocenters. The van der Waals surface area contributed by atoms with Gasteiger partial charge in [0.2, 0.25) is 0 Å². The molecule has 1 aliphatic rings. The number of aliphatic hydroxyl groups is 1. The van der Waals surface area contributed by atoms with Gasteiger partial charge in [-0.2, -0.15) is 0 Å². The van der Waals surface area contributed by atoms with E-state index in [0.717, 1.165) is 0 Å². The van der Waals surface area contributed by atoms with Gasteiger partial charge in [-0.05, 0) is 0 Å². The number of ether oxygens (including phenoxy) is 2. The average Bonchev–Trinajstić information content (AvgIpc) is 2.72. The Morgan fingerprint density at radius 2 is 2.39 bits per heavy atom. The van der Waals surface area contributed by atoms with Gasteiger partial charge in [0.15, 0.2) is 0 Å². The fourth-order valence-electron chi connectivity index (χ4n) is 1.90. The number of hydrogen-bond donors (Lipinski definition) is 2. The number of aromatic amines is 1. The summed E-state index contributed by atoms with van der Waals surface area (Å²) in [5, 5.41) is 9.08. The molecule has 2 N–H and O–H groups in total. The molecule has 8 heteroatoms. The topological polar surface area (TPSA) is 111 Å². The number of nitrogens with one attached hydrogen (secondary N) is 1. The van der Waals surface area contributed by atoms with Crippen molar-refractivity contribution in [2.24, 2.45) is 0 Å². The van der Waals surface area contributed by atoms with Gasteiger partial charge < -0.3 is 14.6 Å². The van der Waals surface area contributed by atoms with E-state index < -0.39 is 29.7 Å². The van der Waals surface area contributed by atoms with Gasteiger partial charge in [-0.1, -0.05) is 0 Å². The summed E-state index contributed by atoms with van der Waals surface area (Å²) in [6.07, 6.45) is -0.453. The van der Waals surface area contributed by atoms with Gasteiger partial charge in [-0.15, -0.1) is 0 Å². The number of H-pyrrole nitrogens is 1. The Morgan fingerprint density at radius 1 is 1.61 bits per heavy atom. The highest BCUT2D eigenvalue weighted by Crippen LogP contribution is 2.28. The molecule has 0 spiro atoms. The van der Waals surface area contributed by atoms with Crippen molar-refractivity contribution in [1.82, 2.24) is 9.55 Å². The molecular weight excluding hydrogens is 244 g/mol. The predicted molar refractivity (Wildman–Crippen MR) is 57.9 cm³/mol. The first-order chi connectivity index (χ1) is 8.65. The largest absolute Gasteiger partial charge is 0.462 e. The van der Waals surface area contributed by atoms with Crippen molar-refractivity contribution < 1.29 is 19.4 Å². The number of nitrogens with zero attached hydrogens (tertiary/aromatic N) is 1. The molecule has 1 saturated heterocycles. The first-order valence-electron chi connectivity index (χ1n) is 5.32. The molecular formula is C10H12N2O6. The third kappa shape index (κ3) is 2.34. The summed E-state index contributed by atoms with van der Waals surface area (Å²) in [6, 6.07) is 1.19. The molecule has 18 heavy (non-hydrogen) atoms. The van der Waals surface area contributed by atoms with Crippen molar-refractivity contribution in [3.05, 3.63) is 33.1 Å². The molecule has 1 aliphatic heterocycles. The lowest BCUT2D eigenvalue weighted by Crippen LogP contribution is -2.31. The lowest BCUT2D eigenvalue weighted by atomic mass is 10.2. The van der Waals surface area contributed by atoms with E-state index in [1.165, 1.54) is 16.8 Å². The second-order valence-electron chi connectivity index (χ2n) is 3.84. The minimum atomic E-state index is -0.684. The van der Waals surface area contributed by atoms with Gasteiger partial charge >= 0.3 is 5.69 Å². The minimum Gasteiger partial charge on any atom is -0.462 e. The number of rotatable bonds is 4. The van der Waals surface area contributed by atoms with Gasteiger partial charge in [0.25, 0.3) is 12.0 Å². The van der Waals surface area contributed by atoms with Crippen LogP contribution in [0.4, 0.5) is 0 Å². The van der Waals surface area contributed by atoms with Gasteiger partial charge in [-0.25, -0.2) is 4.79 Å². The Balaban J connectivity index is 2.23. The Morgan fingerprint density at radius 3 is 3.00 bits per heavy atom. The molecule has 0 bridgehead atoms. The predicted octanol–water partition coefficient (Wildman–Crippen LogP) is -1.64. The van der Waals surface area contributed by atoms with Crippen LogP contribution in [0.15, 0.2) is 21.9 Å². The minimum absolute atomic E-state index is 0.232. The quantitative estimate of drug-likeness (QED) is 0.625. The molecule has 1 aromatic heterocycles. The Labute approximate surface area is 101 Å². The lowest BCUT2D eigenvalue weighted by molar-refractivity contribution is -0.137. The fourth-order valence-corrected chi connectivity index (χ4v) is 1.90. The van der Waals surface area contributed by atoms with Crippen LogP contribution in [0.5, 0.6) is 0 Å². The SMILES string of the molecule is O=COC1CC(n2ccc(=O)[nH]c2=O)OC1CO. The summed E-state index contributed by atoms with van der Waals surface area (Å²) in [4.78, 5) is 34.9. The van der Waals surface area contributed by atoms with E-state index in [-0.39, 0.29) is 19.5 Å². The molecule has 0 aromatic carbocycles. The van der Waals surface area contributed by atoms with Crippen LogP contribution in [0.1, 0.15) is 12.6 Å². The average molecular weight is 256 g/mol. The van der Waals surface area contributed by atoms with E-state index in [1.807, 2.05) is 0 Å². The highest BCUT2D eigenvalue weighted by Gasteiger charge is 2.37. The summed E-state index contributed by atoms with van der Waals surface area (Å²) in [5.41, 5.74) is -1.12. The summed E-state index contributed by atoms with van der Waals surface area (Å²) in [5.74, 6) is 0. The lowest BCUT2D eigenvalue weighted by Gasteiger charge is -2.14. The molecule has 0 saturated carbocycles. The first kappa shape index (κ1) is 12.5. The van der Waals surface area contributed by atoms with Gasteiger partial charge in [-0.3, -0.25) is 19.1 Å². The second-order valence-corrected chi connectivity index (χ2v) is 3.84. The zero-order valence-corrected chi connectivity index (χ0v) is 9.31. The maximum absolute atomic E-state index is 11.5.